The smallest absolute Gasteiger partial charge is 0.270 e. The number of thiocarbonyl (C=S) groups is 1. The summed E-state index contributed by atoms with van der Waals surface area (Å²) >= 11 is 11.1. The molecule has 0 radical (unpaired) electrons. The van der Waals surface area contributed by atoms with E-state index in [9.17, 15) is 14.0 Å². The third kappa shape index (κ3) is 4.85. The molecule has 0 saturated carbocycles. The van der Waals surface area contributed by atoms with Gasteiger partial charge in [-0.1, -0.05) is 35.9 Å². The Morgan fingerprint density at radius 3 is 2.28 bits per heavy atom. The van der Waals surface area contributed by atoms with Crippen molar-refractivity contribution in [2.45, 2.75) is 6.61 Å². The number of ether oxygens (including phenoxy) is 1. The molecule has 2 amide bonds. The summed E-state index contributed by atoms with van der Waals surface area (Å²) in [4.78, 5) is 26.7. The summed E-state index contributed by atoms with van der Waals surface area (Å²) in [5, 5.41) is 3.06. The van der Waals surface area contributed by atoms with E-state index in [2.05, 4.69) is 5.32 Å². The van der Waals surface area contributed by atoms with Gasteiger partial charge in [0.15, 0.2) is 5.11 Å². The molecule has 0 aromatic heterocycles. The zero-order valence-corrected chi connectivity index (χ0v) is 18.1. The summed E-state index contributed by atoms with van der Waals surface area (Å²) in [6.45, 7) is 0.287. The zero-order chi connectivity index (χ0) is 22.7. The normalized spacial score (nSPS) is 15.1. The van der Waals surface area contributed by atoms with Crippen LogP contribution in [0.2, 0.25) is 5.02 Å². The number of carbonyl (C=O) groups is 2. The molecule has 32 heavy (non-hydrogen) atoms. The van der Waals surface area contributed by atoms with E-state index in [4.69, 9.17) is 28.6 Å². The van der Waals surface area contributed by atoms with E-state index in [0.29, 0.717) is 22.0 Å². The monoisotopic (exact) mass is 466 g/mol. The molecule has 0 atom stereocenters. The highest BCUT2D eigenvalue weighted by molar-refractivity contribution is 7.80. The van der Waals surface area contributed by atoms with E-state index in [1.807, 2.05) is 0 Å². The number of anilines is 1. The average Bonchev–Trinajstić information content (AvgIpc) is 2.78. The van der Waals surface area contributed by atoms with Crippen molar-refractivity contribution in [1.82, 2.24) is 5.32 Å². The van der Waals surface area contributed by atoms with Gasteiger partial charge in [0.05, 0.1) is 5.69 Å². The van der Waals surface area contributed by atoms with Gasteiger partial charge in [0, 0.05) is 5.02 Å². The maximum absolute atomic E-state index is 13.0. The molecule has 1 saturated heterocycles. The van der Waals surface area contributed by atoms with Crippen LogP contribution in [0.15, 0.2) is 78.4 Å². The summed E-state index contributed by atoms with van der Waals surface area (Å²) in [6, 6.07) is 19.5. The standard InChI is InChI=1S/C24H16ClFN2O3S/c25-17-5-9-19(10-6-17)28-23(30)21(22(29)27-24(28)32)13-15-3-11-20(12-4-15)31-14-16-1-7-18(26)8-2-16/h1-13H,14H2,(H,27,29,32). The van der Waals surface area contributed by atoms with E-state index in [0.717, 1.165) is 5.56 Å². The first-order valence-electron chi connectivity index (χ1n) is 9.55. The van der Waals surface area contributed by atoms with E-state index in [1.54, 1.807) is 60.7 Å². The van der Waals surface area contributed by atoms with Crippen LogP contribution in [0.25, 0.3) is 6.08 Å². The molecule has 4 rings (SSSR count). The Labute approximate surface area is 194 Å². The predicted molar refractivity (Wildman–Crippen MR) is 125 cm³/mol. The number of benzene rings is 3. The molecular formula is C24H16ClFN2O3S. The molecule has 0 bridgehead atoms. The Bertz CT molecular complexity index is 1210. The third-order valence-corrected chi connectivity index (χ3v) is 5.23. The van der Waals surface area contributed by atoms with Crippen molar-refractivity contribution in [2.75, 3.05) is 4.90 Å². The van der Waals surface area contributed by atoms with E-state index in [-0.39, 0.29) is 23.1 Å². The minimum Gasteiger partial charge on any atom is -0.489 e. The molecule has 8 heteroatoms. The Balaban J connectivity index is 1.50. The highest BCUT2D eigenvalue weighted by Gasteiger charge is 2.34. The number of hydrogen-bond donors (Lipinski definition) is 1. The van der Waals surface area contributed by atoms with E-state index in [1.165, 1.54) is 23.1 Å². The highest BCUT2D eigenvalue weighted by atomic mass is 35.5. The van der Waals surface area contributed by atoms with Crippen LogP contribution in [0, 0.1) is 5.82 Å². The van der Waals surface area contributed by atoms with Gasteiger partial charge in [-0.3, -0.25) is 19.8 Å². The molecule has 3 aromatic carbocycles. The number of carbonyl (C=O) groups excluding carboxylic acids is 2. The number of amides is 2. The second kappa shape index (κ2) is 9.30. The molecular weight excluding hydrogens is 451 g/mol. The topological polar surface area (TPSA) is 58.6 Å². The largest absolute Gasteiger partial charge is 0.489 e. The van der Waals surface area contributed by atoms with Gasteiger partial charge in [-0.05, 0) is 78.0 Å². The second-order valence-corrected chi connectivity index (χ2v) is 7.74. The number of rotatable bonds is 5. The van der Waals surface area contributed by atoms with Gasteiger partial charge in [0.25, 0.3) is 11.8 Å². The Kier molecular flexibility index (Phi) is 6.30. The van der Waals surface area contributed by atoms with Crippen molar-refractivity contribution in [1.29, 1.82) is 0 Å². The fraction of sp³-hybridized carbons (Fsp3) is 0.0417. The number of nitrogens with one attached hydrogen (secondary N) is 1. The first-order valence-corrected chi connectivity index (χ1v) is 10.3. The van der Waals surface area contributed by atoms with Crippen molar-refractivity contribution in [3.63, 3.8) is 0 Å². The lowest BCUT2D eigenvalue weighted by molar-refractivity contribution is -0.122. The summed E-state index contributed by atoms with van der Waals surface area (Å²) < 4.78 is 18.7. The van der Waals surface area contributed by atoms with Gasteiger partial charge < -0.3 is 4.74 Å². The van der Waals surface area contributed by atoms with E-state index < -0.39 is 11.8 Å². The first kappa shape index (κ1) is 21.7. The Hall–Kier alpha value is -3.55. The molecule has 0 spiro atoms. The second-order valence-electron chi connectivity index (χ2n) is 6.92. The van der Waals surface area contributed by atoms with Crippen molar-refractivity contribution in [3.8, 4) is 5.75 Å². The SMILES string of the molecule is O=C1NC(=S)N(c2ccc(Cl)cc2)C(=O)C1=Cc1ccc(OCc2ccc(F)cc2)cc1. The minimum absolute atomic E-state index is 0.00372. The van der Waals surface area contributed by atoms with E-state index >= 15 is 0 Å². The average molecular weight is 467 g/mol. The summed E-state index contributed by atoms with van der Waals surface area (Å²) in [7, 11) is 0. The van der Waals surface area contributed by atoms with Crippen LogP contribution >= 0.6 is 23.8 Å². The number of hydrogen-bond acceptors (Lipinski definition) is 4. The van der Waals surface area contributed by atoms with Gasteiger partial charge in [-0.2, -0.15) is 0 Å². The van der Waals surface area contributed by atoms with Crippen LogP contribution < -0.4 is 15.0 Å². The van der Waals surface area contributed by atoms with Crippen LogP contribution in [0.3, 0.4) is 0 Å². The van der Waals surface area contributed by atoms with Crippen molar-refractivity contribution < 1.29 is 18.7 Å². The maximum atomic E-state index is 13.0. The van der Waals surface area contributed by atoms with Gasteiger partial charge in [0.2, 0.25) is 0 Å². The van der Waals surface area contributed by atoms with Crippen molar-refractivity contribution >= 4 is 52.5 Å². The molecule has 1 heterocycles. The van der Waals surface area contributed by atoms with Crippen LogP contribution in [0.4, 0.5) is 10.1 Å². The molecule has 0 unspecified atom stereocenters. The lowest BCUT2D eigenvalue weighted by Gasteiger charge is -2.28. The van der Waals surface area contributed by atoms with Gasteiger partial charge in [0.1, 0.15) is 23.7 Å². The van der Waals surface area contributed by atoms with Crippen LogP contribution in [-0.2, 0) is 16.2 Å². The van der Waals surface area contributed by atoms with Crippen molar-refractivity contribution in [2.24, 2.45) is 0 Å². The Morgan fingerprint density at radius 1 is 0.969 bits per heavy atom. The molecule has 0 aliphatic carbocycles. The zero-order valence-electron chi connectivity index (χ0n) is 16.5. The molecule has 1 fully saturated rings. The third-order valence-electron chi connectivity index (χ3n) is 4.70. The van der Waals surface area contributed by atoms with Crippen LogP contribution in [0.1, 0.15) is 11.1 Å². The molecule has 1 N–H and O–H groups in total. The quantitative estimate of drug-likeness (QED) is 0.330. The summed E-state index contributed by atoms with van der Waals surface area (Å²) in [6.07, 6.45) is 1.49. The van der Waals surface area contributed by atoms with Crippen molar-refractivity contribution in [3.05, 3.63) is 100 Å². The van der Waals surface area contributed by atoms with Crippen LogP contribution in [-0.4, -0.2) is 16.9 Å². The fourth-order valence-electron chi connectivity index (χ4n) is 3.06. The lowest BCUT2D eigenvalue weighted by Crippen LogP contribution is -2.54. The molecule has 1 aliphatic heterocycles. The maximum Gasteiger partial charge on any atom is 0.270 e. The molecule has 5 nitrogen and oxygen atoms in total. The lowest BCUT2D eigenvalue weighted by atomic mass is 10.1. The minimum atomic E-state index is -0.568. The Morgan fingerprint density at radius 2 is 1.62 bits per heavy atom. The number of nitrogens with zero attached hydrogens (tertiary/aromatic N) is 1. The fourth-order valence-corrected chi connectivity index (χ4v) is 3.46. The number of halogens is 2. The summed E-state index contributed by atoms with van der Waals surface area (Å²) in [5.41, 5.74) is 1.93. The first-order chi connectivity index (χ1) is 15.4. The highest BCUT2D eigenvalue weighted by Crippen LogP contribution is 2.24. The van der Waals surface area contributed by atoms with Gasteiger partial charge in [-0.25, -0.2) is 4.39 Å². The molecule has 160 valence electrons. The van der Waals surface area contributed by atoms with Gasteiger partial charge in [-0.15, -0.1) is 0 Å². The molecule has 3 aromatic rings. The van der Waals surface area contributed by atoms with Crippen LogP contribution in [0.5, 0.6) is 5.75 Å². The summed E-state index contributed by atoms with van der Waals surface area (Å²) in [5.74, 6) is -0.803. The molecule has 1 aliphatic rings. The predicted octanol–water partition coefficient (Wildman–Crippen LogP) is 4.89. The van der Waals surface area contributed by atoms with Gasteiger partial charge >= 0.3 is 0 Å².